The highest BCUT2D eigenvalue weighted by Crippen LogP contribution is 2.30. The van der Waals surface area contributed by atoms with Crippen molar-refractivity contribution in [3.05, 3.63) is 35.9 Å². The van der Waals surface area contributed by atoms with Crippen LogP contribution in [0.25, 0.3) is 0 Å². The fourth-order valence-electron chi connectivity index (χ4n) is 3.02. The number of nitrogens with zero attached hydrogens (tertiary/aromatic N) is 2. The molecule has 2 aliphatic heterocycles. The number of urea groups is 1. The maximum Gasteiger partial charge on any atom is 0.345 e. The Morgan fingerprint density at radius 1 is 1.21 bits per heavy atom. The van der Waals surface area contributed by atoms with Crippen LogP contribution in [0.4, 0.5) is 4.79 Å². The number of rotatable bonds is 4. The van der Waals surface area contributed by atoms with Gasteiger partial charge in [-0.1, -0.05) is 30.3 Å². The van der Waals surface area contributed by atoms with Crippen LogP contribution in [-0.2, 0) is 21.0 Å². The molecule has 2 unspecified atom stereocenters. The van der Waals surface area contributed by atoms with E-state index >= 15 is 0 Å². The van der Waals surface area contributed by atoms with Gasteiger partial charge >= 0.3 is 6.03 Å². The highest BCUT2D eigenvalue weighted by molar-refractivity contribution is 5.89. The molecule has 24 heavy (non-hydrogen) atoms. The predicted molar refractivity (Wildman–Crippen MR) is 83.9 cm³/mol. The summed E-state index contributed by atoms with van der Waals surface area (Å²) in [7, 11) is 0. The van der Waals surface area contributed by atoms with Crippen molar-refractivity contribution in [2.75, 3.05) is 6.54 Å². The standard InChI is InChI=1S/C16H20N4O4/c1-11(21)17-18-15(22)14-8-7-13-9-19(14)16(23)20(13)24-10-12-5-3-2-4-6-12/h2-6,13-14H,7-10H2,1H3,(H,17,21)(H,18,22). The molecule has 2 saturated heterocycles. The molecule has 8 nitrogen and oxygen atoms in total. The molecule has 2 bridgehead atoms. The van der Waals surface area contributed by atoms with Gasteiger partial charge in [-0.2, -0.15) is 5.06 Å². The lowest BCUT2D eigenvalue weighted by Crippen LogP contribution is -2.53. The lowest BCUT2D eigenvalue weighted by Gasteiger charge is -2.29. The molecule has 1 aromatic rings. The van der Waals surface area contributed by atoms with Gasteiger partial charge in [0.15, 0.2) is 0 Å². The van der Waals surface area contributed by atoms with Crippen molar-refractivity contribution in [2.45, 2.75) is 38.5 Å². The van der Waals surface area contributed by atoms with Crippen LogP contribution in [0, 0.1) is 0 Å². The molecule has 2 heterocycles. The van der Waals surface area contributed by atoms with E-state index in [4.69, 9.17) is 4.84 Å². The molecule has 2 N–H and O–H groups in total. The van der Waals surface area contributed by atoms with Crippen molar-refractivity contribution in [3.63, 3.8) is 0 Å². The van der Waals surface area contributed by atoms with Crippen molar-refractivity contribution in [2.24, 2.45) is 0 Å². The van der Waals surface area contributed by atoms with Gasteiger partial charge in [-0.25, -0.2) is 4.79 Å². The Morgan fingerprint density at radius 3 is 2.67 bits per heavy atom. The van der Waals surface area contributed by atoms with Crippen molar-refractivity contribution >= 4 is 17.8 Å². The number of nitrogens with one attached hydrogen (secondary N) is 2. The number of benzene rings is 1. The normalized spacial score (nSPS) is 22.5. The number of hydrogen-bond acceptors (Lipinski definition) is 4. The fourth-order valence-corrected chi connectivity index (χ4v) is 3.02. The molecule has 2 atom stereocenters. The molecular weight excluding hydrogens is 312 g/mol. The zero-order valence-corrected chi connectivity index (χ0v) is 13.4. The molecule has 4 amide bonds. The predicted octanol–water partition coefficient (Wildman–Crippen LogP) is 0.554. The van der Waals surface area contributed by atoms with Crippen LogP contribution < -0.4 is 10.9 Å². The average molecular weight is 332 g/mol. The van der Waals surface area contributed by atoms with Gasteiger partial charge in [-0.05, 0) is 18.4 Å². The third-order valence-corrected chi connectivity index (χ3v) is 4.20. The lowest BCUT2D eigenvalue weighted by molar-refractivity contribution is -0.140. The Labute approximate surface area is 139 Å². The highest BCUT2D eigenvalue weighted by Gasteiger charge is 2.47. The number of carbonyl (C=O) groups is 3. The van der Waals surface area contributed by atoms with Crippen LogP contribution >= 0.6 is 0 Å². The van der Waals surface area contributed by atoms with E-state index in [1.165, 1.54) is 16.9 Å². The molecule has 2 fully saturated rings. The van der Waals surface area contributed by atoms with Crippen molar-refractivity contribution < 1.29 is 19.2 Å². The number of fused-ring (bicyclic) bond motifs is 2. The van der Waals surface area contributed by atoms with Crippen molar-refractivity contribution in [3.8, 4) is 0 Å². The Bertz CT molecular complexity index is 636. The van der Waals surface area contributed by atoms with Gasteiger partial charge in [0.2, 0.25) is 5.91 Å². The molecular formula is C16H20N4O4. The highest BCUT2D eigenvalue weighted by atomic mass is 16.7. The first-order valence-corrected chi connectivity index (χ1v) is 7.89. The topological polar surface area (TPSA) is 91.0 Å². The van der Waals surface area contributed by atoms with Crippen molar-refractivity contribution in [1.82, 2.24) is 20.8 Å². The molecule has 1 aromatic carbocycles. The number of hydrazine groups is 1. The molecule has 2 aliphatic rings. The smallest absolute Gasteiger partial charge is 0.309 e. The second-order valence-electron chi connectivity index (χ2n) is 5.94. The summed E-state index contributed by atoms with van der Waals surface area (Å²) in [6.07, 6.45) is 1.21. The Hall–Kier alpha value is -2.61. The third kappa shape index (κ3) is 3.33. The van der Waals surface area contributed by atoms with E-state index in [9.17, 15) is 14.4 Å². The van der Waals surface area contributed by atoms with Gasteiger partial charge in [-0.3, -0.25) is 25.3 Å². The van der Waals surface area contributed by atoms with Gasteiger partial charge in [0.1, 0.15) is 12.6 Å². The number of carbonyl (C=O) groups excluding carboxylic acids is 3. The summed E-state index contributed by atoms with van der Waals surface area (Å²) in [5, 5.41) is 1.37. The van der Waals surface area contributed by atoms with E-state index in [2.05, 4.69) is 10.9 Å². The minimum Gasteiger partial charge on any atom is -0.309 e. The maximum absolute atomic E-state index is 12.5. The molecule has 0 saturated carbocycles. The summed E-state index contributed by atoms with van der Waals surface area (Å²) in [5.74, 6) is -0.750. The maximum atomic E-state index is 12.5. The summed E-state index contributed by atoms with van der Waals surface area (Å²) in [4.78, 5) is 42.7. The molecule has 0 radical (unpaired) electrons. The zero-order valence-electron chi connectivity index (χ0n) is 13.4. The minimum absolute atomic E-state index is 0.0500. The van der Waals surface area contributed by atoms with Crippen LogP contribution in [0.2, 0.25) is 0 Å². The summed E-state index contributed by atoms with van der Waals surface area (Å²) >= 11 is 0. The SMILES string of the molecule is CC(=O)NNC(=O)C1CCC2CN1C(=O)N2OCc1ccccc1. The van der Waals surface area contributed by atoms with Crippen LogP contribution in [0.15, 0.2) is 30.3 Å². The van der Waals surface area contributed by atoms with Crippen molar-refractivity contribution in [1.29, 1.82) is 0 Å². The first kappa shape index (κ1) is 16.3. The van der Waals surface area contributed by atoms with Crippen LogP contribution in [0.5, 0.6) is 0 Å². The quantitative estimate of drug-likeness (QED) is 0.788. The van der Waals surface area contributed by atoms with E-state index in [1.54, 1.807) is 0 Å². The Kier molecular flexibility index (Phi) is 4.66. The number of hydrogen-bond donors (Lipinski definition) is 2. The number of hydroxylamine groups is 2. The minimum atomic E-state index is -0.592. The lowest BCUT2D eigenvalue weighted by atomic mass is 10.0. The van der Waals surface area contributed by atoms with E-state index < -0.39 is 6.04 Å². The average Bonchev–Trinajstić information content (AvgIpc) is 2.83. The van der Waals surface area contributed by atoms with Gasteiger partial charge in [0.05, 0.1) is 6.04 Å². The van der Waals surface area contributed by atoms with Gasteiger partial charge in [0.25, 0.3) is 5.91 Å². The van der Waals surface area contributed by atoms with E-state index in [1.807, 2.05) is 30.3 Å². The van der Waals surface area contributed by atoms with E-state index in [0.29, 0.717) is 26.0 Å². The van der Waals surface area contributed by atoms with E-state index in [-0.39, 0.29) is 23.9 Å². The summed E-state index contributed by atoms with van der Waals surface area (Å²) in [5.41, 5.74) is 5.56. The molecule has 0 spiro atoms. The fraction of sp³-hybridized carbons (Fsp3) is 0.438. The molecule has 0 aliphatic carbocycles. The molecule has 3 rings (SSSR count). The second kappa shape index (κ2) is 6.88. The monoisotopic (exact) mass is 332 g/mol. The van der Waals surface area contributed by atoms with Crippen LogP contribution in [0.3, 0.4) is 0 Å². The third-order valence-electron chi connectivity index (χ3n) is 4.20. The van der Waals surface area contributed by atoms with Gasteiger partial charge < -0.3 is 4.90 Å². The van der Waals surface area contributed by atoms with Gasteiger partial charge in [0, 0.05) is 13.5 Å². The zero-order chi connectivity index (χ0) is 17.1. The largest absolute Gasteiger partial charge is 0.345 e. The second-order valence-corrected chi connectivity index (χ2v) is 5.94. The number of amides is 4. The molecule has 128 valence electrons. The first-order valence-electron chi connectivity index (χ1n) is 7.89. The van der Waals surface area contributed by atoms with Crippen LogP contribution in [-0.4, -0.2) is 46.4 Å². The summed E-state index contributed by atoms with van der Waals surface area (Å²) in [6, 6.07) is 8.64. The van der Waals surface area contributed by atoms with Gasteiger partial charge in [-0.15, -0.1) is 0 Å². The van der Waals surface area contributed by atoms with E-state index in [0.717, 1.165) is 5.56 Å². The molecule has 0 aromatic heterocycles. The van der Waals surface area contributed by atoms with Crippen LogP contribution in [0.1, 0.15) is 25.3 Å². The number of piperidine rings is 1. The first-order chi connectivity index (χ1) is 11.6. The summed E-state index contributed by atoms with van der Waals surface area (Å²) in [6.45, 7) is 2.06. The Morgan fingerprint density at radius 2 is 1.96 bits per heavy atom. The summed E-state index contributed by atoms with van der Waals surface area (Å²) < 4.78 is 0. The molecule has 8 heteroatoms. The Balaban J connectivity index is 1.60.